The molecule has 1 aromatic heterocycles. The minimum atomic E-state index is 0.674. The van der Waals surface area contributed by atoms with Gasteiger partial charge in [-0.15, -0.1) is 11.3 Å². The van der Waals surface area contributed by atoms with E-state index >= 15 is 0 Å². The van der Waals surface area contributed by atoms with Gasteiger partial charge in [-0.3, -0.25) is 0 Å². The maximum Gasteiger partial charge on any atom is 0.127 e. The van der Waals surface area contributed by atoms with Crippen molar-refractivity contribution < 1.29 is 4.74 Å². The molecule has 0 saturated carbocycles. The molecule has 0 fully saturated rings. The summed E-state index contributed by atoms with van der Waals surface area (Å²) in [7, 11) is 0. The van der Waals surface area contributed by atoms with Crippen molar-refractivity contribution in [1.29, 1.82) is 0 Å². The fraction of sp³-hybridized carbons (Fsp3) is 0.278. The molecular weight excluding hydrogens is 292 g/mol. The summed E-state index contributed by atoms with van der Waals surface area (Å²) in [5.74, 6) is 0.959. The van der Waals surface area contributed by atoms with Gasteiger partial charge in [0.25, 0.3) is 0 Å². The predicted molar refractivity (Wildman–Crippen MR) is 90.7 cm³/mol. The van der Waals surface area contributed by atoms with E-state index in [9.17, 15) is 0 Å². The lowest BCUT2D eigenvalue weighted by molar-refractivity contribution is 0.325. The highest BCUT2D eigenvalue weighted by molar-refractivity contribution is 7.11. The third kappa shape index (κ3) is 2.72. The molecule has 22 heavy (non-hydrogen) atoms. The Balaban J connectivity index is 1.45. The maximum atomic E-state index is 6.01. The number of hydrogen-bond donors (Lipinski definition) is 1. The molecule has 0 unspecified atom stereocenters. The lowest BCUT2D eigenvalue weighted by Gasteiger charge is -2.09. The van der Waals surface area contributed by atoms with Crippen LogP contribution in [0.3, 0.4) is 0 Å². The van der Waals surface area contributed by atoms with Gasteiger partial charge in [0.2, 0.25) is 0 Å². The smallest absolute Gasteiger partial charge is 0.127 e. The molecule has 1 aliphatic rings. The van der Waals surface area contributed by atoms with Crippen molar-refractivity contribution in [2.24, 2.45) is 0 Å². The first-order valence-corrected chi connectivity index (χ1v) is 8.50. The molecule has 2 heterocycles. The Kier molecular flexibility index (Phi) is 3.79. The van der Waals surface area contributed by atoms with E-state index in [-0.39, 0.29) is 0 Å². The summed E-state index contributed by atoms with van der Waals surface area (Å²) < 4.78 is 6.01. The van der Waals surface area contributed by atoms with Crippen LogP contribution in [0.4, 0.5) is 0 Å². The first kappa shape index (κ1) is 13.7. The van der Waals surface area contributed by atoms with Crippen LogP contribution in [-0.2, 0) is 19.4 Å². The molecule has 0 radical (unpaired) electrons. The molecule has 0 atom stereocenters. The van der Waals surface area contributed by atoms with E-state index in [1.807, 2.05) is 23.5 Å². The second kappa shape index (κ2) is 6.07. The van der Waals surface area contributed by atoms with Crippen molar-refractivity contribution in [3.8, 4) is 5.75 Å². The van der Waals surface area contributed by atoms with Gasteiger partial charge in [0.1, 0.15) is 5.75 Å². The molecule has 4 rings (SSSR count). The van der Waals surface area contributed by atoms with Gasteiger partial charge < -0.3 is 10.1 Å². The number of aromatic nitrogens is 1. The zero-order chi connectivity index (χ0) is 14.8. The molecule has 2 aromatic carbocycles. The summed E-state index contributed by atoms with van der Waals surface area (Å²) in [6.45, 7) is 2.69. The number of benzene rings is 2. The zero-order valence-electron chi connectivity index (χ0n) is 12.3. The number of ether oxygens (including phenoxy) is 1. The van der Waals surface area contributed by atoms with Crippen LogP contribution in [0.25, 0.3) is 10.8 Å². The Bertz CT molecular complexity index is 768. The molecule has 0 amide bonds. The quantitative estimate of drug-likeness (QED) is 0.800. The minimum Gasteiger partial charge on any atom is -0.493 e. The molecule has 0 aliphatic carbocycles. The van der Waals surface area contributed by atoms with Crippen LogP contribution < -0.4 is 10.1 Å². The average molecular weight is 310 g/mol. The summed E-state index contributed by atoms with van der Waals surface area (Å²) in [6, 6.07) is 14.5. The van der Waals surface area contributed by atoms with Gasteiger partial charge in [0, 0.05) is 36.2 Å². The van der Waals surface area contributed by atoms with Gasteiger partial charge in [-0.2, -0.15) is 0 Å². The highest BCUT2D eigenvalue weighted by Gasteiger charge is 2.14. The fourth-order valence-corrected chi connectivity index (χ4v) is 3.92. The third-order valence-electron chi connectivity index (χ3n) is 3.97. The largest absolute Gasteiger partial charge is 0.493 e. The van der Waals surface area contributed by atoms with E-state index in [2.05, 4.69) is 35.6 Å². The summed E-state index contributed by atoms with van der Waals surface area (Å²) in [5, 5.41) is 6.98. The molecule has 1 N–H and O–H groups in total. The van der Waals surface area contributed by atoms with Gasteiger partial charge in [0.05, 0.1) is 17.3 Å². The van der Waals surface area contributed by atoms with Crippen LogP contribution in [0.1, 0.15) is 15.6 Å². The fourth-order valence-electron chi connectivity index (χ4n) is 2.86. The van der Waals surface area contributed by atoms with Crippen molar-refractivity contribution in [1.82, 2.24) is 10.3 Å². The van der Waals surface area contributed by atoms with Gasteiger partial charge in [0.15, 0.2) is 0 Å². The van der Waals surface area contributed by atoms with E-state index < -0.39 is 0 Å². The first-order chi connectivity index (χ1) is 10.9. The summed E-state index contributed by atoms with van der Waals surface area (Å²) in [4.78, 5) is 6.14. The monoisotopic (exact) mass is 310 g/mol. The summed E-state index contributed by atoms with van der Waals surface area (Å²) in [5.41, 5.74) is 1.28. The number of nitrogens with zero attached hydrogens (tertiary/aromatic N) is 1. The maximum absolute atomic E-state index is 6.01. The minimum absolute atomic E-state index is 0.674. The second-order valence-corrected chi connectivity index (χ2v) is 6.65. The van der Waals surface area contributed by atoms with Crippen molar-refractivity contribution in [2.45, 2.75) is 19.4 Å². The first-order valence-electron chi connectivity index (χ1n) is 7.69. The molecule has 112 valence electrons. The van der Waals surface area contributed by atoms with Crippen LogP contribution in [0.2, 0.25) is 0 Å². The van der Waals surface area contributed by atoms with Gasteiger partial charge in [-0.05, 0) is 11.5 Å². The molecule has 3 nitrogen and oxygen atoms in total. The topological polar surface area (TPSA) is 34.1 Å². The molecular formula is C18H18N2OS. The van der Waals surface area contributed by atoms with Crippen LogP contribution in [0.5, 0.6) is 5.75 Å². The van der Waals surface area contributed by atoms with Crippen molar-refractivity contribution in [3.63, 3.8) is 0 Å². The average Bonchev–Trinajstić information content (AvgIpc) is 2.98. The Hall–Kier alpha value is -1.91. The van der Waals surface area contributed by atoms with E-state index in [0.29, 0.717) is 6.61 Å². The van der Waals surface area contributed by atoms with Crippen molar-refractivity contribution in [2.75, 3.05) is 13.2 Å². The second-order valence-electron chi connectivity index (χ2n) is 5.48. The standard InChI is InChI=1S/C18H18N2OS/c1-2-6-14-13(4-1)5-3-7-16(14)21-11-9-18-20-15-8-10-19-12-17(15)22-18/h1-7,19H,8-12H2. The number of rotatable bonds is 4. The van der Waals surface area contributed by atoms with Crippen LogP contribution in [-0.4, -0.2) is 18.1 Å². The van der Waals surface area contributed by atoms with E-state index in [1.54, 1.807) is 0 Å². The SMILES string of the molecule is c1ccc2c(OCCc3nc4c(s3)CNCC4)cccc2c1. The van der Waals surface area contributed by atoms with E-state index in [0.717, 1.165) is 31.7 Å². The summed E-state index contributed by atoms with van der Waals surface area (Å²) >= 11 is 1.82. The van der Waals surface area contributed by atoms with Gasteiger partial charge >= 0.3 is 0 Å². The van der Waals surface area contributed by atoms with Crippen molar-refractivity contribution >= 4 is 22.1 Å². The van der Waals surface area contributed by atoms with Crippen LogP contribution >= 0.6 is 11.3 Å². The highest BCUT2D eigenvalue weighted by atomic mass is 32.1. The predicted octanol–water partition coefficient (Wildman–Crippen LogP) is 3.56. The molecule has 3 aromatic rings. The molecule has 1 aliphatic heterocycles. The third-order valence-corrected chi connectivity index (χ3v) is 5.13. The number of fused-ring (bicyclic) bond motifs is 2. The Morgan fingerprint density at radius 2 is 2.05 bits per heavy atom. The van der Waals surface area contributed by atoms with Gasteiger partial charge in [-0.25, -0.2) is 4.98 Å². The molecule has 0 bridgehead atoms. The zero-order valence-corrected chi connectivity index (χ0v) is 13.2. The van der Waals surface area contributed by atoms with Crippen molar-refractivity contribution in [3.05, 3.63) is 58.0 Å². The van der Waals surface area contributed by atoms with E-state index in [1.165, 1.54) is 26.4 Å². The van der Waals surface area contributed by atoms with Crippen LogP contribution in [0.15, 0.2) is 42.5 Å². The lowest BCUT2D eigenvalue weighted by atomic mass is 10.1. The lowest BCUT2D eigenvalue weighted by Crippen LogP contribution is -2.22. The van der Waals surface area contributed by atoms with Gasteiger partial charge in [-0.1, -0.05) is 36.4 Å². The summed E-state index contributed by atoms with van der Waals surface area (Å²) in [6.07, 6.45) is 1.93. The number of thiazole rings is 1. The molecule has 4 heteroatoms. The molecule has 0 saturated heterocycles. The number of hydrogen-bond acceptors (Lipinski definition) is 4. The molecule has 0 spiro atoms. The highest BCUT2D eigenvalue weighted by Crippen LogP contribution is 2.26. The Labute approximate surface area is 134 Å². The van der Waals surface area contributed by atoms with Crippen LogP contribution in [0, 0.1) is 0 Å². The Morgan fingerprint density at radius 1 is 1.14 bits per heavy atom. The Morgan fingerprint density at radius 3 is 3.00 bits per heavy atom. The normalized spacial score (nSPS) is 14.0. The number of nitrogens with one attached hydrogen (secondary N) is 1. The van der Waals surface area contributed by atoms with E-state index in [4.69, 9.17) is 9.72 Å².